The first-order valence-electron chi connectivity index (χ1n) is 5.39. The van der Waals surface area contributed by atoms with E-state index in [9.17, 15) is 4.79 Å². The molecule has 0 aliphatic heterocycles. The quantitative estimate of drug-likeness (QED) is 0.629. The Labute approximate surface area is 97.5 Å². The highest BCUT2D eigenvalue weighted by molar-refractivity contribution is 7.98. The van der Waals surface area contributed by atoms with Gasteiger partial charge in [-0.25, -0.2) is 0 Å². The summed E-state index contributed by atoms with van der Waals surface area (Å²) in [5.41, 5.74) is 0. The molecular formula is C11H23NO2S. The van der Waals surface area contributed by atoms with Crippen molar-refractivity contribution in [2.75, 3.05) is 25.6 Å². The van der Waals surface area contributed by atoms with E-state index in [1.54, 1.807) is 0 Å². The van der Waals surface area contributed by atoms with Crippen LogP contribution in [0.5, 0.6) is 0 Å². The molecule has 0 aromatic rings. The fourth-order valence-corrected chi connectivity index (χ4v) is 2.26. The summed E-state index contributed by atoms with van der Waals surface area (Å²) in [6.45, 7) is 6.27. The summed E-state index contributed by atoms with van der Waals surface area (Å²) in [4.78, 5) is 13.5. The summed E-state index contributed by atoms with van der Waals surface area (Å²) in [6, 6.07) is 0.458. The van der Waals surface area contributed by atoms with Crippen molar-refractivity contribution < 1.29 is 9.53 Å². The lowest BCUT2D eigenvalue weighted by Gasteiger charge is -2.25. The summed E-state index contributed by atoms with van der Waals surface area (Å²) >= 11 is 1.81. The van der Waals surface area contributed by atoms with E-state index < -0.39 is 0 Å². The zero-order chi connectivity index (χ0) is 11.8. The Morgan fingerprint density at radius 1 is 1.47 bits per heavy atom. The number of hydrogen-bond acceptors (Lipinski definition) is 4. The Morgan fingerprint density at radius 3 is 2.47 bits per heavy atom. The Bertz CT molecular complexity index is 185. The molecule has 0 amide bonds. The molecule has 15 heavy (non-hydrogen) atoms. The van der Waals surface area contributed by atoms with Crippen LogP contribution in [0.2, 0.25) is 0 Å². The predicted molar refractivity (Wildman–Crippen MR) is 66.3 cm³/mol. The molecule has 0 bridgehead atoms. The van der Waals surface area contributed by atoms with E-state index in [1.807, 2.05) is 32.7 Å². The average molecular weight is 233 g/mol. The minimum absolute atomic E-state index is 0.0217. The zero-order valence-electron chi connectivity index (χ0n) is 10.4. The number of hydrogen-bond donors (Lipinski definition) is 0. The minimum atomic E-state index is -0.132. The number of esters is 1. The Kier molecular flexibility index (Phi) is 7.88. The standard InChI is InChI=1S/C11H23NO2S/c1-6-10(8-15-5)12(4)7-11(13)14-9(2)3/h9-10H,6-8H2,1-5H3. The first-order chi connectivity index (χ1) is 7.01. The summed E-state index contributed by atoms with van der Waals surface area (Å²) in [5, 5.41) is 0. The van der Waals surface area contributed by atoms with E-state index >= 15 is 0 Å². The number of likely N-dealkylation sites (N-methyl/N-ethyl adjacent to an activating group) is 1. The maximum Gasteiger partial charge on any atom is 0.320 e. The van der Waals surface area contributed by atoms with Gasteiger partial charge in [-0.3, -0.25) is 9.69 Å². The van der Waals surface area contributed by atoms with Gasteiger partial charge in [0, 0.05) is 11.8 Å². The third kappa shape index (κ3) is 6.79. The maximum absolute atomic E-state index is 11.4. The van der Waals surface area contributed by atoms with Crippen LogP contribution in [0.25, 0.3) is 0 Å². The van der Waals surface area contributed by atoms with Crippen molar-refractivity contribution in [3.8, 4) is 0 Å². The molecular weight excluding hydrogens is 210 g/mol. The van der Waals surface area contributed by atoms with Crippen molar-refractivity contribution >= 4 is 17.7 Å². The van der Waals surface area contributed by atoms with Crippen LogP contribution in [-0.2, 0) is 9.53 Å². The molecule has 3 nitrogen and oxygen atoms in total. The maximum atomic E-state index is 11.4. The van der Waals surface area contributed by atoms with E-state index in [4.69, 9.17) is 4.74 Å². The molecule has 0 N–H and O–H groups in total. The predicted octanol–water partition coefficient (Wildman–Crippen LogP) is 2.01. The normalized spacial score (nSPS) is 13.3. The van der Waals surface area contributed by atoms with Crippen LogP contribution >= 0.6 is 11.8 Å². The summed E-state index contributed by atoms with van der Waals surface area (Å²) in [5.74, 6) is 0.925. The molecule has 0 heterocycles. The monoisotopic (exact) mass is 233 g/mol. The van der Waals surface area contributed by atoms with E-state index in [-0.39, 0.29) is 12.1 Å². The molecule has 1 atom stereocenters. The van der Waals surface area contributed by atoms with Crippen LogP contribution in [-0.4, -0.2) is 48.6 Å². The lowest BCUT2D eigenvalue weighted by molar-refractivity contribution is -0.148. The van der Waals surface area contributed by atoms with Crippen LogP contribution in [0.4, 0.5) is 0 Å². The fraction of sp³-hybridized carbons (Fsp3) is 0.909. The van der Waals surface area contributed by atoms with Crippen molar-refractivity contribution in [3.05, 3.63) is 0 Å². The highest BCUT2D eigenvalue weighted by Crippen LogP contribution is 2.08. The molecule has 4 heteroatoms. The van der Waals surface area contributed by atoms with Gasteiger partial charge in [0.05, 0.1) is 12.6 Å². The molecule has 90 valence electrons. The second-order valence-corrected chi connectivity index (χ2v) is 4.88. The van der Waals surface area contributed by atoms with Crippen LogP contribution < -0.4 is 0 Å². The van der Waals surface area contributed by atoms with Crippen LogP contribution in [0, 0.1) is 0 Å². The second-order valence-electron chi connectivity index (χ2n) is 3.97. The first-order valence-corrected chi connectivity index (χ1v) is 6.79. The van der Waals surface area contributed by atoms with Gasteiger partial charge in [0.25, 0.3) is 0 Å². The van der Waals surface area contributed by atoms with Gasteiger partial charge in [0.2, 0.25) is 0 Å². The minimum Gasteiger partial charge on any atom is -0.462 e. The Morgan fingerprint density at radius 2 is 2.07 bits per heavy atom. The molecule has 0 aliphatic rings. The van der Waals surface area contributed by atoms with Crippen molar-refractivity contribution in [1.29, 1.82) is 0 Å². The van der Waals surface area contributed by atoms with Gasteiger partial charge in [0.15, 0.2) is 0 Å². The molecule has 1 unspecified atom stereocenters. The number of carbonyl (C=O) groups is 1. The second kappa shape index (κ2) is 7.99. The zero-order valence-corrected chi connectivity index (χ0v) is 11.3. The summed E-state index contributed by atoms with van der Waals surface area (Å²) in [7, 11) is 1.98. The van der Waals surface area contributed by atoms with Gasteiger partial charge in [-0.15, -0.1) is 0 Å². The van der Waals surface area contributed by atoms with Gasteiger partial charge >= 0.3 is 5.97 Å². The van der Waals surface area contributed by atoms with Crippen molar-refractivity contribution in [3.63, 3.8) is 0 Å². The highest BCUT2D eigenvalue weighted by atomic mass is 32.2. The van der Waals surface area contributed by atoms with Crippen molar-refractivity contribution in [2.45, 2.75) is 39.3 Å². The van der Waals surface area contributed by atoms with Crippen LogP contribution in [0.15, 0.2) is 0 Å². The third-order valence-corrected chi connectivity index (χ3v) is 2.92. The molecule has 0 saturated heterocycles. The molecule has 0 spiro atoms. The highest BCUT2D eigenvalue weighted by Gasteiger charge is 2.16. The van der Waals surface area contributed by atoms with Crippen molar-refractivity contribution in [2.24, 2.45) is 0 Å². The topological polar surface area (TPSA) is 29.5 Å². The van der Waals surface area contributed by atoms with E-state index in [2.05, 4.69) is 18.1 Å². The SMILES string of the molecule is CCC(CSC)N(C)CC(=O)OC(C)C. The van der Waals surface area contributed by atoms with Gasteiger partial charge in [-0.05, 0) is 33.6 Å². The molecule has 0 aromatic heterocycles. The van der Waals surface area contributed by atoms with E-state index in [0.29, 0.717) is 12.6 Å². The van der Waals surface area contributed by atoms with Gasteiger partial charge in [0.1, 0.15) is 0 Å². The molecule has 0 aliphatic carbocycles. The summed E-state index contributed by atoms with van der Waals surface area (Å²) < 4.78 is 5.11. The lowest BCUT2D eigenvalue weighted by atomic mass is 10.2. The van der Waals surface area contributed by atoms with Crippen molar-refractivity contribution in [1.82, 2.24) is 4.90 Å². The molecule has 0 saturated carbocycles. The number of nitrogens with zero attached hydrogens (tertiary/aromatic N) is 1. The van der Waals surface area contributed by atoms with Gasteiger partial charge < -0.3 is 4.74 Å². The number of ether oxygens (including phenoxy) is 1. The number of carbonyl (C=O) groups excluding carboxylic acids is 1. The fourth-order valence-electron chi connectivity index (χ4n) is 1.38. The molecule has 0 fully saturated rings. The Balaban J connectivity index is 3.97. The van der Waals surface area contributed by atoms with E-state index in [1.165, 1.54) is 0 Å². The van der Waals surface area contributed by atoms with Crippen LogP contribution in [0.1, 0.15) is 27.2 Å². The molecule has 0 rings (SSSR count). The molecule has 0 aromatic carbocycles. The van der Waals surface area contributed by atoms with Gasteiger partial charge in [-0.2, -0.15) is 11.8 Å². The third-order valence-electron chi connectivity index (χ3n) is 2.20. The molecule has 0 radical (unpaired) electrons. The van der Waals surface area contributed by atoms with E-state index in [0.717, 1.165) is 12.2 Å². The largest absolute Gasteiger partial charge is 0.462 e. The lowest BCUT2D eigenvalue weighted by Crippen LogP contribution is -2.38. The summed E-state index contributed by atoms with van der Waals surface area (Å²) in [6.07, 6.45) is 3.13. The number of thioether (sulfide) groups is 1. The Hall–Kier alpha value is -0.220. The smallest absolute Gasteiger partial charge is 0.320 e. The number of rotatable bonds is 7. The van der Waals surface area contributed by atoms with Gasteiger partial charge in [-0.1, -0.05) is 6.92 Å². The van der Waals surface area contributed by atoms with Crippen LogP contribution in [0.3, 0.4) is 0 Å². The first kappa shape index (κ1) is 14.8. The average Bonchev–Trinajstić information content (AvgIpc) is 2.12.